The Balaban J connectivity index is 3.50. The van der Waals surface area contributed by atoms with Gasteiger partial charge in [-0.15, -0.1) is 39.5 Å². The quantitative estimate of drug-likeness (QED) is 0.829. The highest BCUT2D eigenvalue weighted by atomic mass is 19.4. The van der Waals surface area contributed by atoms with Gasteiger partial charge in [-0.3, -0.25) is 0 Å². The molecule has 0 aliphatic carbocycles. The second kappa shape index (κ2) is 6.22. The third kappa shape index (κ3) is 6.30. The molecule has 0 bridgehead atoms. The number of benzene rings is 1. The van der Waals surface area contributed by atoms with E-state index < -0.39 is 48.5 Å². The van der Waals surface area contributed by atoms with Gasteiger partial charge in [-0.1, -0.05) is 0 Å². The normalized spacial score (nSPS) is 13.0. The van der Waals surface area contributed by atoms with Crippen LogP contribution in [0.2, 0.25) is 0 Å². The van der Waals surface area contributed by atoms with Gasteiger partial charge < -0.3 is 19.3 Å². The molecule has 13 heteroatoms. The molecule has 0 unspecified atom stereocenters. The number of hydrogen-bond donors (Lipinski definition) is 1. The topological polar surface area (TPSA) is 47.9 Å². The fourth-order valence-electron chi connectivity index (χ4n) is 1.35. The summed E-state index contributed by atoms with van der Waals surface area (Å²) >= 11 is 0. The van der Waals surface area contributed by atoms with E-state index in [1.165, 1.54) is 0 Å². The van der Waals surface area contributed by atoms with Crippen LogP contribution in [-0.4, -0.2) is 24.2 Å². The fraction of sp³-hybridized carbons (Fsp3) is 0.400. The van der Waals surface area contributed by atoms with Gasteiger partial charge in [0.05, 0.1) is 6.61 Å². The van der Waals surface area contributed by atoms with E-state index in [-0.39, 0.29) is 6.07 Å². The Bertz CT molecular complexity index is 547. The third-order valence-corrected chi connectivity index (χ3v) is 1.99. The minimum atomic E-state index is -5.65. The van der Waals surface area contributed by atoms with Gasteiger partial charge in [-0.05, 0) is 12.1 Å². The van der Waals surface area contributed by atoms with E-state index in [2.05, 4.69) is 14.2 Å². The minimum Gasteiger partial charge on any atom is -0.402 e. The summed E-state index contributed by atoms with van der Waals surface area (Å²) in [6.45, 7) is -1.27. The van der Waals surface area contributed by atoms with Crippen molar-refractivity contribution in [2.75, 3.05) is 0 Å². The zero-order valence-corrected chi connectivity index (χ0v) is 10.4. The van der Waals surface area contributed by atoms with E-state index in [1.54, 1.807) is 0 Å². The van der Waals surface area contributed by atoms with Gasteiger partial charge >= 0.3 is 19.1 Å². The predicted molar refractivity (Wildman–Crippen MR) is 52.4 cm³/mol. The van der Waals surface area contributed by atoms with Crippen molar-refractivity contribution in [1.29, 1.82) is 0 Å². The first-order valence-electron chi connectivity index (χ1n) is 5.26. The molecule has 1 N–H and O–H groups in total. The Kier molecular flexibility index (Phi) is 5.13. The Morgan fingerprint density at radius 2 is 1.13 bits per heavy atom. The number of aliphatic hydroxyl groups is 1. The van der Waals surface area contributed by atoms with Gasteiger partial charge in [0.25, 0.3) is 0 Å². The van der Waals surface area contributed by atoms with Crippen LogP contribution in [0.1, 0.15) is 5.56 Å². The SMILES string of the molecule is OCc1ccc(OC(F)(F)F)c(OC(F)(F)F)c1OC(F)(F)F. The van der Waals surface area contributed by atoms with Gasteiger partial charge in [-0.25, -0.2) is 0 Å². The van der Waals surface area contributed by atoms with Crippen LogP contribution in [0.15, 0.2) is 12.1 Å². The summed E-state index contributed by atoms with van der Waals surface area (Å²) in [7, 11) is 0. The molecule has 0 saturated heterocycles. The molecule has 23 heavy (non-hydrogen) atoms. The first-order valence-corrected chi connectivity index (χ1v) is 5.26. The third-order valence-electron chi connectivity index (χ3n) is 1.99. The standard InChI is InChI=1S/C10H5F9O4/c11-8(12,13)21-5-2-1-4(3-20)6(22-9(14,15)16)7(5)23-10(17,18)19/h1-2,20H,3H2. The monoisotopic (exact) mass is 360 g/mol. The van der Waals surface area contributed by atoms with Crippen molar-refractivity contribution >= 4 is 0 Å². The maximum atomic E-state index is 12.2. The molecular weight excluding hydrogens is 355 g/mol. The molecule has 4 nitrogen and oxygen atoms in total. The zero-order chi connectivity index (χ0) is 18.1. The van der Waals surface area contributed by atoms with Crippen molar-refractivity contribution in [3.05, 3.63) is 17.7 Å². The first-order chi connectivity index (χ1) is 10.2. The summed E-state index contributed by atoms with van der Waals surface area (Å²) in [6.07, 6.45) is -16.7. The van der Waals surface area contributed by atoms with Crippen LogP contribution in [0.4, 0.5) is 39.5 Å². The molecule has 0 saturated carbocycles. The smallest absolute Gasteiger partial charge is 0.402 e. The molecule has 0 fully saturated rings. The lowest BCUT2D eigenvalue weighted by Crippen LogP contribution is -2.24. The Morgan fingerprint density at radius 3 is 1.52 bits per heavy atom. The lowest BCUT2D eigenvalue weighted by atomic mass is 10.2. The average Bonchev–Trinajstić information content (AvgIpc) is 2.28. The van der Waals surface area contributed by atoms with E-state index in [4.69, 9.17) is 5.11 Å². The Labute approximate surface area is 121 Å². The van der Waals surface area contributed by atoms with Crippen molar-refractivity contribution in [1.82, 2.24) is 0 Å². The van der Waals surface area contributed by atoms with Crippen LogP contribution in [0.3, 0.4) is 0 Å². The summed E-state index contributed by atoms with van der Waals surface area (Å²) in [5.74, 6) is -5.57. The maximum absolute atomic E-state index is 12.2. The van der Waals surface area contributed by atoms with Gasteiger partial charge in [0.15, 0.2) is 11.5 Å². The molecule has 0 spiro atoms. The fourth-order valence-corrected chi connectivity index (χ4v) is 1.35. The molecule has 0 heterocycles. The van der Waals surface area contributed by atoms with E-state index in [0.29, 0.717) is 6.07 Å². The molecule has 0 aromatic heterocycles. The molecule has 0 radical (unpaired) electrons. The molecule has 0 aliphatic rings. The van der Waals surface area contributed by atoms with Gasteiger partial charge in [0.2, 0.25) is 5.75 Å². The lowest BCUT2D eigenvalue weighted by molar-refractivity contribution is -0.293. The number of alkyl halides is 9. The van der Waals surface area contributed by atoms with Crippen molar-refractivity contribution in [2.45, 2.75) is 25.7 Å². The molecule has 132 valence electrons. The molecule has 0 amide bonds. The summed E-state index contributed by atoms with van der Waals surface area (Å²) in [5.41, 5.74) is -0.906. The molecule has 0 aliphatic heterocycles. The summed E-state index contributed by atoms with van der Waals surface area (Å²) in [5, 5.41) is 8.81. The van der Waals surface area contributed by atoms with Gasteiger partial charge in [-0.2, -0.15) is 0 Å². The largest absolute Gasteiger partial charge is 0.573 e. The van der Waals surface area contributed by atoms with E-state index in [0.717, 1.165) is 0 Å². The molecule has 1 rings (SSSR count). The number of halogens is 9. The van der Waals surface area contributed by atoms with Crippen LogP contribution in [0, 0.1) is 0 Å². The summed E-state index contributed by atoms with van der Waals surface area (Å²) < 4.78 is 119. The Hall–Kier alpha value is -2.05. The van der Waals surface area contributed by atoms with E-state index in [1.807, 2.05) is 0 Å². The van der Waals surface area contributed by atoms with Crippen LogP contribution in [-0.2, 0) is 6.61 Å². The van der Waals surface area contributed by atoms with Crippen molar-refractivity contribution < 1.29 is 58.8 Å². The summed E-state index contributed by atoms with van der Waals surface area (Å²) in [6, 6.07) is 0.689. The van der Waals surface area contributed by atoms with E-state index in [9.17, 15) is 39.5 Å². The number of aliphatic hydroxyl groups excluding tert-OH is 1. The van der Waals surface area contributed by atoms with Crippen molar-refractivity contribution in [3.8, 4) is 17.2 Å². The maximum Gasteiger partial charge on any atom is 0.573 e. The van der Waals surface area contributed by atoms with Crippen LogP contribution >= 0.6 is 0 Å². The first kappa shape index (κ1) is 19.0. The number of rotatable bonds is 4. The summed E-state index contributed by atoms with van der Waals surface area (Å²) in [4.78, 5) is 0. The second-order valence-electron chi connectivity index (χ2n) is 3.68. The highest BCUT2D eigenvalue weighted by Crippen LogP contribution is 2.46. The van der Waals surface area contributed by atoms with Gasteiger partial charge in [0, 0.05) is 5.56 Å². The molecular formula is C10H5F9O4. The predicted octanol–water partition coefficient (Wildman–Crippen LogP) is 3.87. The van der Waals surface area contributed by atoms with Crippen molar-refractivity contribution in [3.63, 3.8) is 0 Å². The molecule has 1 aromatic rings. The van der Waals surface area contributed by atoms with Crippen LogP contribution in [0.5, 0.6) is 17.2 Å². The van der Waals surface area contributed by atoms with E-state index >= 15 is 0 Å². The van der Waals surface area contributed by atoms with Crippen LogP contribution in [0.25, 0.3) is 0 Å². The highest BCUT2D eigenvalue weighted by Gasteiger charge is 2.41. The number of ether oxygens (including phenoxy) is 3. The highest BCUT2D eigenvalue weighted by molar-refractivity contribution is 5.56. The van der Waals surface area contributed by atoms with Gasteiger partial charge in [0.1, 0.15) is 0 Å². The molecule has 0 atom stereocenters. The van der Waals surface area contributed by atoms with Crippen molar-refractivity contribution in [2.24, 2.45) is 0 Å². The number of hydrogen-bond acceptors (Lipinski definition) is 4. The Morgan fingerprint density at radius 1 is 0.696 bits per heavy atom. The molecule has 1 aromatic carbocycles. The zero-order valence-electron chi connectivity index (χ0n) is 10.4. The van der Waals surface area contributed by atoms with Crippen LogP contribution < -0.4 is 14.2 Å². The minimum absolute atomic E-state index is 0.239. The second-order valence-corrected chi connectivity index (χ2v) is 3.68. The lowest BCUT2D eigenvalue weighted by Gasteiger charge is -2.20. The average molecular weight is 360 g/mol.